The summed E-state index contributed by atoms with van der Waals surface area (Å²) in [6.07, 6.45) is 0. The van der Waals surface area contributed by atoms with Crippen LogP contribution in [-0.4, -0.2) is 26.2 Å². The van der Waals surface area contributed by atoms with Crippen molar-refractivity contribution in [2.24, 2.45) is 0 Å². The first-order chi connectivity index (χ1) is 7.74. The maximum absolute atomic E-state index is 11.5. The predicted molar refractivity (Wildman–Crippen MR) is 66.7 cm³/mol. The molecule has 3 heteroatoms. The van der Waals surface area contributed by atoms with Crippen LogP contribution in [0.15, 0.2) is 24.3 Å². The van der Waals surface area contributed by atoms with E-state index in [0.29, 0.717) is 18.7 Å². The van der Waals surface area contributed by atoms with Crippen LogP contribution in [0.4, 0.5) is 0 Å². The van der Waals surface area contributed by atoms with Crippen molar-refractivity contribution in [1.82, 2.24) is 5.32 Å². The minimum atomic E-state index is -0.0502. The summed E-state index contributed by atoms with van der Waals surface area (Å²) < 4.78 is 4.84. The topological polar surface area (TPSA) is 38.3 Å². The number of hydrogen-bond donors (Lipinski definition) is 1. The van der Waals surface area contributed by atoms with Gasteiger partial charge in [0.05, 0.1) is 6.61 Å². The van der Waals surface area contributed by atoms with Crippen molar-refractivity contribution < 1.29 is 9.53 Å². The van der Waals surface area contributed by atoms with Gasteiger partial charge in [0, 0.05) is 19.2 Å². The third kappa shape index (κ3) is 5.51. The minimum absolute atomic E-state index is 0.0502. The number of benzene rings is 1. The number of carbonyl (C=O) groups excluding carboxylic acids is 1. The lowest BCUT2D eigenvalue weighted by Gasteiger charge is -2.04. The molecule has 0 fully saturated rings. The van der Waals surface area contributed by atoms with Gasteiger partial charge in [-0.3, -0.25) is 4.79 Å². The van der Waals surface area contributed by atoms with Crippen molar-refractivity contribution in [1.29, 1.82) is 0 Å². The highest BCUT2D eigenvalue weighted by atomic mass is 16.5. The molecule has 1 amide bonds. The lowest BCUT2D eigenvalue weighted by molar-refractivity contribution is 0.0937. The lowest BCUT2D eigenvalue weighted by Crippen LogP contribution is -2.26. The molecule has 1 N–H and O–H groups in total. The fourth-order valence-corrected chi connectivity index (χ4v) is 1.15. The van der Waals surface area contributed by atoms with Crippen LogP contribution in [0.5, 0.6) is 0 Å². The highest BCUT2D eigenvalue weighted by Crippen LogP contribution is 2.03. The summed E-state index contributed by atoms with van der Waals surface area (Å²) >= 11 is 0. The van der Waals surface area contributed by atoms with E-state index in [9.17, 15) is 4.79 Å². The Labute approximate surface area is 97.8 Å². The average molecular weight is 223 g/mol. The number of ether oxygens (including phenoxy) is 1. The summed E-state index contributed by atoms with van der Waals surface area (Å²) in [5.41, 5.74) is 1.78. The second-order valence-electron chi connectivity index (χ2n) is 3.12. The van der Waals surface area contributed by atoms with Gasteiger partial charge in [-0.1, -0.05) is 31.5 Å². The van der Waals surface area contributed by atoms with E-state index in [2.05, 4.69) is 5.32 Å². The maximum atomic E-state index is 11.5. The number of carbonyl (C=O) groups is 1. The maximum Gasteiger partial charge on any atom is 0.251 e. The summed E-state index contributed by atoms with van der Waals surface area (Å²) in [5.74, 6) is -0.0502. The predicted octanol–water partition coefficient (Wildman–Crippen LogP) is 2.40. The van der Waals surface area contributed by atoms with Crippen molar-refractivity contribution in [3.05, 3.63) is 35.4 Å². The molecule has 0 aliphatic carbocycles. The molecule has 0 aliphatic rings. The van der Waals surface area contributed by atoms with Crippen LogP contribution in [0.3, 0.4) is 0 Å². The zero-order chi connectivity index (χ0) is 12.4. The van der Waals surface area contributed by atoms with E-state index in [0.717, 1.165) is 5.56 Å². The van der Waals surface area contributed by atoms with E-state index in [1.54, 1.807) is 13.2 Å². The zero-order valence-corrected chi connectivity index (χ0v) is 10.5. The Morgan fingerprint density at radius 3 is 2.62 bits per heavy atom. The first-order valence-electron chi connectivity index (χ1n) is 5.58. The SMILES string of the molecule is CC.COCCNC(=O)c1cccc(C)c1. The first kappa shape index (κ1) is 14.6. The van der Waals surface area contributed by atoms with Crippen LogP contribution in [0.2, 0.25) is 0 Å². The Hall–Kier alpha value is -1.35. The molecule has 0 atom stereocenters. The van der Waals surface area contributed by atoms with Crippen molar-refractivity contribution in [2.45, 2.75) is 20.8 Å². The number of hydrogen-bond acceptors (Lipinski definition) is 2. The number of rotatable bonds is 4. The third-order valence-electron chi connectivity index (χ3n) is 1.87. The van der Waals surface area contributed by atoms with Crippen molar-refractivity contribution in [2.75, 3.05) is 20.3 Å². The van der Waals surface area contributed by atoms with Crippen LogP contribution in [0, 0.1) is 6.92 Å². The van der Waals surface area contributed by atoms with E-state index >= 15 is 0 Å². The molecule has 0 aromatic heterocycles. The number of methoxy groups -OCH3 is 1. The van der Waals surface area contributed by atoms with Gasteiger partial charge in [-0.15, -0.1) is 0 Å². The van der Waals surface area contributed by atoms with Gasteiger partial charge in [-0.05, 0) is 19.1 Å². The second-order valence-corrected chi connectivity index (χ2v) is 3.12. The number of amides is 1. The monoisotopic (exact) mass is 223 g/mol. The average Bonchev–Trinajstić information content (AvgIpc) is 2.32. The van der Waals surface area contributed by atoms with E-state index < -0.39 is 0 Å². The van der Waals surface area contributed by atoms with Crippen LogP contribution in [-0.2, 0) is 4.74 Å². The molecule has 0 saturated heterocycles. The van der Waals surface area contributed by atoms with Gasteiger partial charge in [0.1, 0.15) is 0 Å². The molecule has 1 aromatic rings. The molecule has 0 radical (unpaired) electrons. The van der Waals surface area contributed by atoms with Crippen LogP contribution >= 0.6 is 0 Å². The summed E-state index contributed by atoms with van der Waals surface area (Å²) in [5, 5.41) is 2.76. The van der Waals surface area contributed by atoms with Gasteiger partial charge >= 0.3 is 0 Å². The molecule has 1 aromatic carbocycles. The summed E-state index contributed by atoms with van der Waals surface area (Å²) in [7, 11) is 1.61. The Kier molecular flexibility index (Phi) is 8.17. The molecule has 90 valence electrons. The van der Waals surface area contributed by atoms with Gasteiger partial charge in [0.2, 0.25) is 0 Å². The molecular weight excluding hydrogens is 202 g/mol. The molecule has 0 unspecified atom stereocenters. The van der Waals surface area contributed by atoms with Gasteiger partial charge < -0.3 is 10.1 Å². The van der Waals surface area contributed by atoms with Crippen molar-refractivity contribution in [3.63, 3.8) is 0 Å². The highest BCUT2D eigenvalue weighted by molar-refractivity contribution is 5.94. The quantitative estimate of drug-likeness (QED) is 0.796. The van der Waals surface area contributed by atoms with Crippen LogP contribution < -0.4 is 5.32 Å². The molecular formula is C13H21NO2. The van der Waals surface area contributed by atoms with Gasteiger partial charge in [0.25, 0.3) is 5.91 Å². The summed E-state index contributed by atoms with van der Waals surface area (Å²) in [6, 6.07) is 7.50. The van der Waals surface area contributed by atoms with Crippen LogP contribution in [0.1, 0.15) is 29.8 Å². The Bertz CT molecular complexity index is 311. The molecule has 0 bridgehead atoms. The molecule has 1 rings (SSSR count). The first-order valence-corrected chi connectivity index (χ1v) is 5.58. The van der Waals surface area contributed by atoms with Crippen molar-refractivity contribution >= 4 is 5.91 Å². The highest BCUT2D eigenvalue weighted by Gasteiger charge is 2.03. The van der Waals surface area contributed by atoms with Crippen molar-refractivity contribution in [3.8, 4) is 0 Å². The number of nitrogens with one attached hydrogen (secondary N) is 1. The summed E-state index contributed by atoms with van der Waals surface area (Å²) in [6.45, 7) is 7.05. The van der Waals surface area contributed by atoms with E-state index in [1.165, 1.54) is 0 Å². The Balaban J connectivity index is 0.00000106. The number of aryl methyl sites for hydroxylation is 1. The van der Waals surface area contributed by atoms with Crippen LogP contribution in [0.25, 0.3) is 0 Å². The Morgan fingerprint density at radius 1 is 1.38 bits per heavy atom. The zero-order valence-electron chi connectivity index (χ0n) is 10.5. The molecule has 0 aliphatic heterocycles. The van der Waals surface area contributed by atoms with E-state index in [4.69, 9.17) is 4.74 Å². The largest absolute Gasteiger partial charge is 0.383 e. The minimum Gasteiger partial charge on any atom is -0.383 e. The Morgan fingerprint density at radius 2 is 2.06 bits per heavy atom. The fourth-order valence-electron chi connectivity index (χ4n) is 1.15. The molecule has 0 spiro atoms. The molecule has 16 heavy (non-hydrogen) atoms. The van der Waals surface area contributed by atoms with Gasteiger partial charge in [0.15, 0.2) is 0 Å². The summed E-state index contributed by atoms with van der Waals surface area (Å²) in [4.78, 5) is 11.5. The lowest BCUT2D eigenvalue weighted by atomic mass is 10.1. The van der Waals surface area contributed by atoms with Gasteiger partial charge in [-0.2, -0.15) is 0 Å². The molecule has 0 heterocycles. The van der Waals surface area contributed by atoms with E-state index in [-0.39, 0.29) is 5.91 Å². The van der Waals surface area contributed by atoms with E-state index in [1.807, 2.05) is 39.0 Å². The normalized spacial score (nSPS) is 9.00. The van der Waals surface area contributed by atoms with Gasteiger partial charge in [-0.25, -0.2) is 0 Å². The standard InChI is InChI=1S/C11H15NO2.C2H6/c1-9-4-3-5-10(8-9)11(13)12-6-7-14-2;1-2/h3-5,8H,6-7H2,1-2H3,(H,12,13);1-2H3. The third-order valence-corrected chi connectivity index (χ3v) is 1.87. The molecule has 3 nitrogen and oxygen atoms in total. The smallest absolute Gasteiger partial charge is 0.251 e. The second kappa shape index (κ2) is 8.92. The fraction of sp³-hybridized carbons (Fsp3) is 0.462. The molecule has 0 saturated carbocycles.